The zero-order chi connectivity index (χ0) is 21.3. The van der Waals surface area contributed by atoms with Crippen LogP contribution in [0.4, 0.5) is 10.1 Å². The van der Waals surface area contributed by atoms with Crippen molar-refractivity contribution in [2.24, 2.45) is 0 Å². The highest BCUT2D eigenvalue weighted by atomic mass is 32.2. The van der Waals surface area contributed by atoms with Crippen LogP contribution in [0.1, 0.15) is 10.4 Å². The minimum absolute atomic E-state index is 0.184. The Morgan fingerprint density at radius 3 is 2.37 bits per heavy atom. The van der Waals surface area contributed by atoms with Gasteiger partial charge in [-0.05, 0) is 30.3 Å². The van der Waals surface area contributed by atoms with Crippen LogP contribution in [-0.4, -0.2) is 25.6 Å². The van der Waals surface area contributed by atoms with Gasteiger partial charge in [-0.1, -0.05) is 48.5 Å². The summed E-state index contributed by atoms with van der Waals surface area (Å²) >= 11 is 0. The normalized spacial score (nSPS) is 11.4. The minimum Gasteiger partial charge on any atom is -0.322 e. The third kappa shape index (κ3) is 3.92. The van der Waals surface area contributed by atoms with Gasteiger partial charge in [-0.15, -0.1) is 0 Å². The van der Waals surface area contributed by atoms with Crippen molar-refractivity contribution in [3.8, 4) is 11.3 Å². The average molecular weight is 420 g/mol. The fraction of sp³-hybridized carbons (Fsp3) is 0.0435. The summed E-state index contributed by atoms with van der Waals surface area (Å²) in [5.41, 5.74) is 2.71. The summed E-state index contributed by atoms with van der Waals surface area (Å²) in [5.74, 6) is -1.31. The number of halogens is 1. The second-order valence-corrected chi connectivity index (χ2v) is 8.79. The van der Waals surface area contributed by atoms with Gasteiger partial charge in [0.05, 0.1) is 16.8 Å². The van der Waals surface area contributed by atoms with E-state index in [2.05, 4.69) is 10.3 Å². The Kier molecular flexibility index (Phi) is 5.05. The van der Waals surface area contributed by atoms with E-state index in [0.717, 1.165) is 24.0 Å². The molecule has 4 aromatic rings. The van der Waals surface area contributed by atoms with Gasteiger partial charge in [0.15, 0.2) is 9.84 Å². The lowest BCUT2D eigenvalue weighted by atomic mass is 10.0. The van der Waals surface area contributed by atoms with Crippen LogP contribution in [0.5, 0.6) is 0 Å². The maximum Gasteiger partial charge on any atom is 0.256 e. The predicted octanol–water partition coefficient (Wildman–Crippen LogP) is 4.70. The molecule has 1 aromatic heterocycles. The maximum atomic E-state index is 13.9. The van der Waals surface area contributed by atoms with Crippen molar-refractivity contribution < 1.29 is 17.6 Å². The van der Waals surface area contributed by atoms with E-state index in [9.17, 15) is 17.6 Å². The Balaban J connectivity index is 1.79. The molecule has 0 saturated carbocycles. The molecule has 3 aromatic carbocycles. The molecule has 4 rings (SSSR count). The predicted molar refractivity (Wildman–Crippen MR) is 115 cm³/mol. The van der Waals surface area contributed by atoms with E-state index in [4.69, 9.17) is 0 Å². The number of fused-ring (bicyclic) bond motifs is 1. The van der Waals surface area contributed by atoms with E-state index in [0.29, 0.717) is 22.2 Å². The number of pyridine rings is 1. The van der Waals surface area contributed by atoms with Crippen LogP contribution in [0, 0.1) is 5.82 Å². The Morgan fingerprint density at radius 2 is 1.63 bits per heavy atom. The Bertz CT molecular complexity index is 1370. The summed E-state index contributed by atoms with van der Waals surface area (Å²) < 4.78 is 37.4. The molecule has 0 bridgehead atoms. The SMILES string of the molecule is CS(=O)(=O)c1cc(NC(=O)c2cc(-c3ccccc3)nc3ccccc23)ccc1F. The number of nitrogens with one attached hydrogen (secondary N) is 1. The molecule has 5 nitrogen and oxygen atoms in total. The largest absolute Gasteiger partial charge is 0.322 e. The van der Waals surface area contributed by atoms with Gasteiger partial charge in [0.2, 0.25) is 0 Å². The monoisotopic (exact) mass is 420 g/mol. The number of para-hydroxylation sites is 1. The number of carbonyl (C=O) groups excluding carboxylic acids is 1. The third-order valence-electron chi connectivity index (χ3n) is 4.62. The first kappa shape index (κ1) is 19.7. The van der Waals surface area contributed by atoms with Crippen LogP contribution in [0.25, 0.3) is 22.2 Å². The van der Waals surface area contributed by atoms with Crippen LogP contribution >= 0.6 is 0 Å². The molecule has 0 unspecified atom stereocenters. The standard InChI is InChI=1S/C23H17FN2O3S/c1-30(28,29)22-13-16(11-12-19(22)24)25-23(27)18-14-21(15-7-3-2-4-8-15)26-20-10-6-5-9-17(18)20/h2-14H,1H3,(H,25,27). The fourth-order valence-corrected chi connectivity index (χ4v) is 3.95. The molecule has 7 heteroatoms. The zero-order valence-electron chi connectivity index (χ0n) is 16.0. The van der Waals surface area contributed by atoms with Gasteiger partial charge in [-0.2, -0.15) is 0 Å². The quantitative estimate of drug-likeness (QED) is 0.519. The third-order valence-corrected chi connectivity index (χ3v) is 5.73. The average Bonchev–Trinajstić information content (AvgIpc) is 2.74. The van der Waals surface area contributed by atoms with Crippen LogP contribution < -0.4 is 5.32 Å². The lowest BCUT2D eigenvalue weighted by Gasteiger charge is -2.11. The van der Waals surface area contributed by atoms with Crippen molar-refractivity contribution in [2.45, 2.75) is 4.90 Å². The number of nitrogens with zero attached hydrogens (tertiary/aromatic N) is 1. The number of hydrogen-bond acceptors (Lipinski definition) is 4. The van der Waals surface area contributed by atoms with Crippen LogP contribution in [-0.2, 0) is 9.84 Å². The van der Waals surface area contributed by atoms with E-state index in [1.807, 2.05) is 48.5 Å². The molecule has 30 heavy (non-hydrogen) atoms. The first-order valence-corrected chi connectivity index (χ1v) is 11.0. The molecule has 150 valence electrons. The highest BCUT2D eigenvalue weighted by molar-refractivity contribution is 7.90. The molecule has 1 amide bonds. The number of hydrogen-bond donors (Lipinski definition) is 1. The molecular weight excluding hydrogens is 403 g/mol. The Labute approximate surface area is 173 Å². The topological polar surface area (TPSA) is 76.1 Å². The van der Waals surface area contributed by atoms with Gasteiger partial charge in [-0.3, -0.25) is 4.79 Å². The minimum atomic E-state index is -3.77. The summed E-state index contributed by atoms with van der Waals surface area (Å²) in [6.07, 6.45) is 0.916. The van der Waals surface area contributed by atoms with Gasteiger partial charge in [-0.25, -0.2) is 17.8 Å². The first-order chi connectivity index (χ1) is 14.3. The number of rotatable bonds is 4. The van der Waals surface area contributed by atoms with Crippen LogP contribution in [0.15, 0.2) is 83.8 Å². The molecule has 0 aliphatic rings. The van der Waals surface area contributed by atoms with Crippen molar-refractivity contribution in [1.82, 2.24) is 4.98 Å². The molecule has 0 aliphatic heterocycles. The summed E-state index contributed by atoms with van der Waals surface area (Å²) in [4.78, 5) is 17.3. The van der Waals surface area contributed by atoms with Gasteiger partial charge in [0.25, 0.3) is 5.91 Å². The molecule has 1 heterocycles. The maximum absolute atomic E-state index is 13.9. The van der Waals surface area contributed by atoms with Crippen molar-refractivity contribution in [2.75, 3.05) is 11.6 Å². The first-order valence-electron chi connectivity index (χ1n) is 9.09. The number of carbonyl (C=O) groups is 1. The molecule has 0 radical (unpaired) electrons. The van der Waals surface area contributed by atoms with E-state index >= 15 is 0 Å². The van der Waals surface area contributed by atoms with Crippen LogP contribution in [0.2, 0.25) is 0 Å². The van der Waals surface area contributed by atoms with E-state index in [1.165, 1.54) is 6.07 Å². The second kappa shape index (κ2) is 7.68. The molecule has 1 N–H and O–H groups in total. The number of aromatic nitrogens is 1. The van der Waals surface area contributed by atoms with E-state index < -0.39 is 26.5 Å². The molecule has 0 fully saturated rings. The van der Waals surface area contributed by atoms with Gasteiger partial charge in [0.1, 0.15) is 10.7 Å². The van der Waals surface area contributed by atoms with E-state index in [-0.39, 0.29) is 5.69 Å². The highest BCUT2D eigenvalue weighted by Gasteiger charge is 2.17. The van der Waals surface area contributed by atoms with Gasteiger partial charge >= 0.3 is 0 Å². The zero-order valence-corrected chi connectivity index (χ0v) is 16.8. The van der Waals surface area contributed by atoms with Gasteiger partial charge < -0.3 is 5.32 Å². The fourth-order valence-electron chi connectivity index (χ4n) is 3.18. The lowest BCUT2D eigenvalue weighted by Crippen LogP contribution is -2.14. The molecule has 0 aliphatic carbocycles. The smallest absolute Gasteiger partial charge is 0.256 e. The number of sulfone groups is 1. The van der Waals surface area contributed by atoms with Crippen molar-refractivity contribution >= 4 is 32.3 Å². The summed E-state index contributed by atoms with van der Waals surface area (Å²) in [7, 11) is -3.77. The second-order valence-electron chi connectivity index (χ2n) is 6.81. The van der Waals surface area contributed by atoms with Crippen LogP contribution in [0.3, 0.4) is 0 Å². The van der Waals surface area contributed by atoms with Crippen molar-refractivity contribution in [1.29, 1.82) is 0 Å². The summed E-state index contributed by atoms with van der Waals surface area (Å²) in [6.45, 7) is 0. The highest BCUT2D eigenvalue weighted by Crippen LogP contribution is 2.26. The Hall–Kier alpha value is -3.58. The molecule has 0 atom stereocenters. The van der Waals surface area contributed by atoms with Gasteiger partial charge in [0, 0.05) is 22.9 Å². The molecular formula is C23H17FN2O3S. The molecule has 0 saturated heterocycles. The molecule has 0 spiro atoms. The number of amides is 1. The number of benzene rings is 3. The van der Waals surface area contributed by atoms with Crippen molar-refractivity contribution in [3.05, 3.63) is 90.2 Å². The lowest BCUT2D eigenvalue weighted by molar-refractivity contribution is 0.102. The summed E-state index contributed by atoms with van der Waals surface area (Å²) in [6, 6.07) is 21.9. The van der Waals surface area contributed by atoms with Crippen molar-refractivity contribution in [3.63, 3.8) is 0 Å². The Morgan fingerprint density at radius 1 is 0.933 bits per heavy atom. The van der Waals surface area contributed by atoms with E-state index in [1.54, 1.807) is 12.1 Å². The summed E-state index contributed by atoms with van der Waals surface area (Å²) in [5, 5.41) is 3.32. The number of anilines is 1.